The van der Waals surface area contributed by atoms with Crippen LogP contribution in [0.1, 0.15) is 31.7 Å². The molecule has 2 fully saturated rings. The Bertz CT molecular complexity index is 1240. The zero-order valence-electron chi connectivity index (χ0n) is 18.6. The van der Waals surface area contributed by atoms with Crippen molar-refractivity contribution in [1.82, 2.24) is 19.5 Å². The number of anilines is 2. The molecular weight excluding hydrogens is 432 g/mol. The first-order chi connectivity index (χ1) is 16.3. The van der Waals surface area contributed by atoms with Crippen molar-refractivity contribution in [3.63, 3.8) is 0 Å². The third-order valence-corrected chi connectivity index (χ3v) is 7.20. The van der Waals surface area contributed by atoms with Crippen LogP contribution in [0.2, 0.25) is 5.02 Å². The predicted molar refractivity (Wildman–Crippen MR) is 134 cm³/mol. The van der Waals surface area contributed by atoms with Crippen LogP contribution >= 0.6 is 11.6 Å². The molecule has 0 atom stereocenters. The fraction of sp³-hybridized carbons (Fsp3) is 0.346. The highest BCUT2D eigenvalue weighted by molar-refractivity contribution is 6.30. The summed E-state index contributed by atoms with van der Waals surface area (Å²) in [6.07, 6.45) is 6.55. The van der Waals surface area contributed by atoms with Gasteiger partial charge in [-0.25, -0.2) is 15.0 Å². The molecule has 4 aromatic rings. The van der Waals surface area contributed by atoms with Gasteiger partial charge < -0.3 is 14.4 Å². The van der Waals surface area contributed by atoms with Crippen LogP contribution in [0.5, 0.6) is 0 Å². The monoisotopic (exact) mass is 458 g/mol. The summed E-state index contributed by atoms with van der Waals surface area (Å²) in [5, 5.41) is 0.735. The summed E-state index contributed by atoms with van der Waals surface area (Å²) in [5.74, 6) is 1.91. The van der Waals surface area contributed by atoms with E-state index < -0.39 is 0 Å². The molecule has 0 spiro atoms. The standard InChI is InChI=1S/C26H27ClN6/c27-20-12-10-19(11-13-20)24-30-23-25(28-18-29-26(23)33(24)22-8-4-5-9-22)32-16-14-31(15-17-32)21-6-2-1-3-7-21/h1-3,6-7,10-13,18,22H,4-5,8-9,14-17H2. The molecule has 3 heterocycles. The molecule has 2 aliphatic rings. The van der Waals surface area contributed by atoms with E-state index in [9.17, 15) is 0 Å². The molecule has 6 rings (SSSR count). The lowest BCUT2D eigenvalue weighted by molar-refractivity contribution is 0.534. The highest BCUT2D eigenvalue weighted by Crippen LogP contribution is 2.38. The minimum absolute atomic E-state index is 0.429. The molecule has 0 bridgehead atoms. The molecule has 2 aromatic carbocycles. The third-order valence-electron chi connectivity index (χ3n) is 6.95. The van der Waals surface area contributed by atoms with Gasteiger partial charge in [-0.2, -0.15) is 0 Å². The first kappa shape index (κ1) is 20.5. The molecule has 0 N–H and O–H groups in total. The van der Waals surface area contributed by atoms with Crippen molar-refractivity contribution in [3.8, 4) is 11.4 Å². The normalized spacial score (nSPS) is 17.2. The van der Waals surface area contributed by atoms with Crippen molar-refractivity contribution in [2.75, 3.05) is 36.0 Å². The summed E-state index contributed by atoms with van der Waals surface area (Å²) >= 11 is 6.17. The van der Waals surface area contributed by atoms with Crippen LogP contribution in [0.3, 0.4) is 0 Å². The van der Waals surface area contributed by atoms with Crippen molar-refractivity contribution >= 4 is 34.3 Å². The lowest BCUT2D eigenvalue weighted by atomic mass is 10.2. The lowest BCUT2D eigenvalue weighted by Gasteiger charge is -2.36. The van der Waals surface area contributed by atoms with Crippen molar-refractivity contribution in [1.29, 1.82) is 0 Å². The van der Waals surface area contributed by atoms with Crippen LogP contribution in [-0.4, -0.2) is 45.7 Å². The van der Waals surface area contributed by atoms with E-state index in [0.717, 1.165) is 59.6 Å². The molecule has 7 heteroatoms. The first-order valence-corrected chi connectivity index (χ1v) is 12.2. The highest BCUT2D eigenvalue weighted by Gasteiger charge is 2.28. The quantitative estimate of drug-likeness (QED) is 0.399. The Balaban J connectivity index is 1.38. The second-order valence-electron chi connectivity index (χ2n) is 8.93. The number of halogens is 1. The molecule has 33 heavy (non-hydrogen) atoms. The minimum Gasteiger partial charge on any atom is -0.368 e. The molecule has 1 saturated heterocycles. The Kier molecular flexibility index (Phi) is 5.38. The number of rotatable bonds is 4. The van der Waals surface area contributed by atoms with Crippen molar-refractivity contribution in [2.24, 2.45) is 0 Å². The minimum atomic E-state index is 0.429. The Hall–Kier alpha value is -3.12. The van der Waals surface area contributed by atoms with Gasteiger partial charge in [0.1, 0.15) is 12.2 Å². The molecule has 1 aliphatic heterocycles. The Morgan fingerprint density at radius 1 is 0.788 bits per heavy atom. The van der Waals surface area contributed by atoms with Crippen LogP contribution in [-0.2, 0) is 0 Å². The van der Waals surface area contributed by atoms with E-state index in [1.807, 2.05) is 12.1 Å². The van der Waals surface area contributed by atoms with Crippen LogP contribution in [0, 0.1) is 0 Å². The largest absolute Gasteiger partial charge is 0.368 e. The molecule has 2 aromatic heterocycles. The molecule has 0 radical (unpaired) electrons. The van der Waals surface area contributed by atoms with Gasteiger partial charge in [0.05, 0.1) is 0 Å². The highest BCUT2D eigenvalue weighted by atomic mass is 35.5. The maximum absolute atomic E-state index is 6.17. The summed E-state index contributed by atoms with van der Waals surface area (Å²) < 4.78 is 2.36. The van der Waals surface area contributed by atoms with Crippen LogP contribution in [0.4, 0.5) is 11.5 Å². The van der Waals surface area contributed by atoms with E-state index in [1.165, 1.54) is 31.4 Å². The number of imidazole rings is 1. The van der Waals surface area contributed by atoms with Gasteiger partial charge in [-0.1, -0.05) is 42.6 Å². The van der Waals surface area contributed by atoms with Crippen molar-refractivity contribution in [2.45, 2.75) is 31.7 Å². The van der Waals surface area contributed by atoms with Gasteiger partial charge in [0.15, 0.2) is 17.0 Å². The van der Waals surface area contributed by atoms with Crippen LogP contribution < -0.4 is 9.80 Å². The number of para-hydroxylation sites is 1. The molecule has 1 aliphatic carbocycles. The fourth-order valence-corrected chi connectivity index (χ4v) is 5.38. The summed E-state index contributed by atoms with van der Waals surface area (Å²) in [6.45, 7) is 3.74. The lowest BCUT2D eigenvalue weighted by Crippen LogP contribution is -2.46. The molecule has 168 valence electrons. The second-order valence-corrected chi connectivity index (χ2v) is 9.37. The van der Waals surface area contributed by atoms with Gasteiger partial charge in [0.25, 0.3) is 0 Å². The Labute approximate surface area is 198 Å². The number of piperazine rings is 1. The zero-order chi connectivity index (χ0) is 22.2. The fourth-order valence-electron chi connectivity index (χ4n) is 5.25. The van der Waals surface area contributed by atoms with E-state index in [0.29, 0.717) is 6.04 Å². The van der Waals surface area contributed by atoms with E-state index >= 15 is 0 Å². The molecule has 0 unspecified atom stereocenters. The van der Waals surface area contributed by atoms with Gasteiger partial charge in [-0.05, 0) is 49.2 Å². The van der Waals surface area contributed by atoms with E-state index in [4.69, 9.17) is 26.6 Å². The topological polar surface area (TPSA) is 50.1 Å². The van der Waals surface area contributed by atoms with E-state index in [-0.39, 0.29) is 0 Å². The van der Waals surface area contributed by atoms with Gasteiger partial charge in [0, 0.05) is 48.5 Å². The molecular formula is C26H27ClN6. The summed E-state index contributed by atoms with van der Waals surface area (Å²) in [5.41, 5.74) is 4.20. The van der Waals surface area contributed by atoms with Crippen molar-refractivity contribution < 1.29 is 0 Å². The maximum atomic E-state index is 6.17. The van der Waals surface area contributed by atoms with Crippen molar-refractivity contribution in [3.05, 3.63) is 65.9 Å². The van der Waals surface area contributed by atoms with Gasteiger partial charge in [-0.3, -0.25) is 0 Å². The zero-order valence-corrected chi connectivity index (χ0v) is 19.3. The second kappa shape index (κ2) is 8.67. The average molecular weight is 459 g/mol. The van der Waals surface area contributed by atoms with E-state index in [2.05, 4.69) is 56.8 Å². The molecule has 0 amide bonds. The number of aromatic nitrogens is 4. The summed E-state index contributed by atoms with van der Waals surface area (Å²) in [4.78, 5) is 19.4. The number of benzene rings is 2. The Morgan fingerprint density at radius 2 is 1.48 bits per heavy atom. The molecule has 6 nitrogen and oxygen atoms in total. The van der Waals surface area contributed by atoms with Gasteiger partial charge in [-0.15, -0.1) is 0 Å². The smallest absolute Gasteiger partial charge is 0.166 e. The molecule has 1 saturated carbocycles. The number of hydrogen-bond donors (Lipinski definition) is 0. The van der Waals surface area contributed by atoms with Crippen LogP contribution in [0.25, 0.3) is 22.6 Å². The van der Waals surface area contributed by atoms with Gasteiger partial charge >= 0.3 is 0 Å². The predicted octanol–water partition coefficient (Wildman–Crippen LogP) is 5.59. The first-order valence-electron chi connectivity index (χ1n) is 11.8. The third kappa shape index (κ3) is 3.82. The number of nitrogens with zero attached hydrogens (tertiary/aromatic N) is 6. The maximum Gasteiger partial charge on any atom is 0.166 e. The number of hydrogen-bond acceptors (Lipinski definition) is 5. The summed E-state index contributed by atoms with van der Waals surface area (Å²) in [6, 6.07) is 19.0. The van der Waals surface area contributed by atoms with Gasteiger partial charge in [0.2, 0.25) is 0 Å². The van der Waals surface area contributed by atoms with Crippen LogP contribution in [0.15, 0.2) is 60.9 Å². The van der Waals surface area contributed by atoms with E-state index in [1.54, 1.807) is 6.33 Å². The SMILES string of the molecule is Clc1ccc(-c2nc3c(N4CCN(c5ccccc5)CC4)ncnc3n2C2CCCC2)cc1. The average Bonchev–Trinajstić information content (AvgIpc) is 3.53. The summed E-state index contributed by atoms with van der Waals surface area (Å²) in [7, 11) is 0. The number of fused-ring (bicyclic) bond motifs is 1. The Morgan fingerprint density at radius 3 is 2.21 bits per heavy atom.